The highest BCUT2D eigenvalue weighted by molar-refractivity contribution is 5.85. The zero-order valence-corrected chi connectivity index (χ0v) is 19.5. The Bertz CT molecular complexity index is 1450. The van der Waals surface area contributed by atoms with Crippen molar-refractivity contribution in [1.82, 2.24) is 9.97 Å². The average Bonchev–Trinajstić information content (AvgIpc) is 2.84. The number of benzene rings is 3. The van der Waals surface area contributed by atoms with E-state index in [1.54, 1.807) is 6.20 Å². The van der Waals surface area contributed by atoms with Crippen LogP contribution in [0.25, 0.3) is 22.0 Å². The minimum absolute atomic E-state index is 0.0247. The second-order valence-corrected chi connectivity index (χ2v) is 9.26. The van der Waals surface area contributed by atoms with Gasteiger partial charge in [-0.3, -0.25) is 4.98 Å². The van der Waals surface area contributed by atoms with Crippen LogP contribution in [-0.2, 0) is 5.41 Å². The van der Waals surface area contributed by atoms with Crippen molar-refractivity contribution in [1.29, 1.82) is 0 Å². The van der Waals surface area contributed by atoms with Crippen LogP contribution in [0.1, 0.15) is 26.3 Å². The van der Waals surface area contributed by atoms with Crippen LogP contribution in [0.4, 0.5) is 0 Å². The van der Waals surface area contributed by atoms with E-state index in [1.165, 1.54) is 5.56 Å². The molecule has 0 amide bonds. The van der Waals surface area contributed by atoms with Crippen LogP contribution in [0, 0.1) is 0 Å². The zero-order chi connectivity index (χ0) is 23.5. The molecule has 0 unspecified atom stereocenters. The largest absolute Gasteiger partial charge is 0.457 e. The number of nitrogens with zero attached hydrogens (tertiary/aromatic N) is 2. The molecule has 168 valence electrons. The number of hydrogen-bond acceptors (Lipinski definition) is 4. The van der Waals surface area contributed by atoms with Crippen molar-refractivity contribution in [3.63, 3.8) is 0 Å². The highest BCUT2D eigenvalue weighted by Crippen LogP contribution is 2.31. The van der Waals surface area contributed by atoms with E-state index in [-0.39, 0.29) is 5.41 Å². The molecule has 0 atom stereocenters. The average molecular weight is 447 g/mol. The summed E-state index contributed by atoms with van der Waals surface area (Å²) in [6.45, 7) is 6.51. The van der Waals surface area contributed by atoms with Gasteiger partial charge in [-0.05, 0) is 52.8 Å². The summed E-state index contributed by atoms with van der Waals surface area (Å²) >= 11 is 0. The van der Waals surface area contributed by atoms with Crippen LogP contribution in [0.15, 0.2) is 103 Å². The molecule has 2 heterocycles. The summed E-state index contributed by atoms with van der Waals surface area (Å²) in [6, 6.07) is 29.8. The molecule has 0 aliphatic heterocycles. The van der Waals surface area contributed by atoms with Crippen LogP contribution in [-0.4, -0.2) is 9.97 Å². The van der Waals surface area contributed by atoms with Gasteiger partial charge in [-0.1, -0.05) is 63.2 Å². The maximum Gasteiger partial charge on any atom is 0.219 e. The van der Waals surface area contributed by atoms with Crippen molar-refractivity contribution in [2.75, 3.05) is 0 Å². The molecule has 5 aromatic rings. The van der Waals surface area contributed by atoms with E-state index in [2.05, 4.69) is 48.9 Å². The third kappa shape index (κ3) is 4.91. The molecule has 0 saturated carbocycles. The summed E-state index contributed by atoms with van der Waals surface area (Å²) < 4.78 is 12.2. The van der Waals surface area contributed by atoms with Gasteiger partial charge in [-0.25, -0.2) is 4.98 Å². The van der Waals surface area contributed by atoms with Gasteiger partial charge in [0.2, 0.25) is 5.88 Å². The third-order valence-corrected chi connectivity index (χ3v) is 5.63. The van der Waals surface area contributed by atoms with E-state index in [0.717, 1.165) is 27.8 Å². The quantitative estimate of drug-likeness (QED) is 0.273. The second kappa shape index (κ2) is 8.99. The topological polar surface area (TPSA) is 44.2 Å². The Balaban J connectivity index is 1.36. The lowest BCUT2D eigenvalue weighted by molar-refractivity contribution is 0.446. The summed E-state index contributed by atoms with van der Waals surface area (Å²) in [5.74, 6) is 2.66. The lowest BCUT2D eigenvalue weighted by Crippen LogP contribution is -2.11. The van der Waals surface area contributed by atoms with Crippen LogP contribution in [0.5, 0.6) is 23.1 Å². The fourth-order valence-corrected chi connectivity index (χ4v) is 3.75. The molecule has 0 saturated heterocycles. The van der Waals surface area contributed by atoms with Crippen LogP contribution in [0.2, 0.25) is 0 Å². The Morgan fingerprint density at radius 3 is 2.12 bits per heavy atom. The molecule has 3 aromatic carbocycles. The molecule has 0 aliphatic rings. The van der Waals surface area contributed by atoms with E-state index < -0.39 is 0 Å². The van der Waals surface area contributed by atoms with Crippen molar-refractivity contribution in [2.45, 2.75) is 26.2 Å². The van der Waals surface area contributed by atoms with E-state index in [0.29, 0.717) is 17.4 Å². The highest BCUT2D eigenvalue weighted by Gasteiger charge is 2.15. The molecule has 4 heteroatoms. The number of hydrogen-bond donors (Lipinski definition) is 0. The Morgan fingerprint density at radius 2 is 1.32 bits per heavy atom. The summed E-state index contributed by atoms with van der Waals surface area (Å²) in [6.07, 6.45) is 3.68. The summed E-state index contributed by atoms with van der Waals surface area (Å²) in [5.41, 5.74) is 3.10. The van der Waals surface area contributed by atoms with Crippen molar-refractivity contribution in [3.05, 3.63) is 109 Å². The Hall–Kier alpha value is -4.18. The first-order valence-corrected chi connectivity index (χ1v) is 11.3. The van der Waals surface area contributed by atoms with Gasteiger partial charge >= 0.3 is 0 Å². The smallest absolute Gasteiger partial charge is 0.219 e. The number of fused-ring (bicyclic) bond motifs is 1. The minimum Gasteiger partial charge on any atom is -0.457 e. The lowest BCUT2D eigenvalue weighted by atomic mass is 9.88. The normalized spacial score (nSPS) is 11.4. The van der Waals surface area contributed by atoms with E-state index in [1.807, 2.05) is 79.0 Å². The Kier molecular flexibility index (Phi) is 5.72. The van der Waals surface area contributed by atoms with Crippen LogP contribution < -0.4 is 9.47 Å². The number of pyridine rings is 2. The maximum atomic E-state index is 6.16. The zero-order valence-electron chi connectivity index (χ0n) is 19.5. The SMILES string of the molecule is CC(C)(C)c1ccnc(Oc2cccc(Oc3cccc(-c4cc5ccccc5cn4)c3)c2)c1. The third-order valence-electron chi connectivity index (χ3n) is 5.63. The molecule has 34 heavy (non-hydrogen) atoms. The first-order chi connectivity index (χ1) is 16.4. The van der Waals surface area contributed by atoms with Gasteiger partial charge in [0.1, 0.15) is 17.2 Å². The molecule has 2 aromatic heterocycles. The molecule has 0 bridgehead atoms. The van der Waals surface area contributed by atoms with E-state index >= 15 is 0 Å². The summed E-state index contributed by atoms with van der Waals surface area (Å²) in [7, 11) is 0. The molecule has 0 radical (unpaired) electrons. The van der Waals surface area contributed by atoms with E-state index in [4.69, 9.17) is 9.47 Å². The molecular formula is C30H26N2O2. The first-order valence-electron chi connectivity index (χ1n) is 11.3. The number of aromatic nitrogens is 2. The van der Waals surface area contributed by atoms with Gasteiger partial charge < -0.3 is 9.47 Å². The first kappa shape index (κ1) is 21.7. The van der Waals surface area contributed by atoms with Gasteiger partial charge in [-0.2, -0.15) is 0 Å². The summed E-state index contributed by atoms with van der Waals surface area (Å²) in [5, 5.41) is 2.28. The molecule has 0 N–H and O–H groups in total. The summed E-state index contributed by atoms with van der Waals surface area (Å²) in [4.78, 5) is 8.99. The Morgan fingerprint density at radius 1 is 0.618 bits per heavy atom. The highest BCUT2D eigenvalue weighted by atomic mass is 16.5. The maximum absolute atomic E-state index is 6.16. The van der Waals surface area contributed by atoms with Gasteiger partial charge in [0.15, 0.2) is 0 Å². The molecular weight excluding hydrogens is 420 g/mol. The minimum atomic E-state index is 0.0247. The molecule has 0 fully saturated rings. The Labute approximate surface area is 199 Å². The van der Waals surface area contributed by atoms with Gasteiger partial charge in [0, 0.05) is 35.5 Å². The fourth-order valence-electron chi connectivity index (χ4n) is 3.75. The van der Waals surface area contributed by atoms with Gasteiger partial charge in [-0.15, -0.1) is 0 Å². The second-order valence-electron chi connectivity index (χ2n) is 9.26. The molecule has 5 rings (SSSR count). The monoisotopic (exact) mass is 446 g/mol. The van der Waals surface area contributed by atoms with Crippen molar-refractivity contribution in [2.24, 2.45) is 0 Å². The number of ether oxygens (including phenoxy) is 2. The number of rotatable bonds is 5. The molecule has 0 spiro atoms. The standard InChI is InChI=1S/C30H26N2O2/c1-30(2,3)24-14-15-31-29(18-24)34-27-13-7-12-26(19-27)33-25-11-6-10-22(16-25)28-17-21-8-4-5-9-23(21)20-32-28/h4-20H,1-3H3. The van der Waals surface area contributed by atoms with Crippen LogP contribution in [0.3, 0.4) is 0 Å². The molecule has 4 nitrogen and oxygen atoms in total. The lowest BCUT2D eigenvalue weighted by Gasteiger charge is -2.19. The van der Waals surface area contributed by atoms with E-state index in [9.17, 15) is 0 Å². The van der Waals surface area contributed by atoms with Gasteiger partial charge in [0.05, 0.1) is 5.69 Å². The van der Waals surface area contributed by atoms with Crippen molar-refractivity contribution in [3.8, 4) is 34.4 Å². The van der Waals surface area contributed by atoms with Crippen LogP contribution >= 0.6 is 0 Å². The van der Waals surface area contributed by atoms with Gasteiger partial charge in [0.25, 0.3) is 0 Å². The van der Waals surface area contributed by atoms with Crippen molar-refractivity contribution >= 4 is 10.8 Å². The fraction of sp³-hybridized carbons (Fsp3) is 0.133. The predicted molar refractivity (Wildman–Crippen MR) is 137 cm³/mol. The predicted octanol–water partition coefficient (Wildman–Crippen LogP) is 8.18. The van der Waals surface area contributed by atoms with Crippen molar-refractivity contribution < 1.29 is 9.47 Å². The molecule has 0 aliphatic carbocycles.